The molecule has 1 aliphatic carbocycles. The number of benzene rings is 1. The lowest BCUT2D eigenvalue weighted by molar-refractivity contribution is -0.709. The van der Waals surface area contributed by atoms with Crippen molar-refractivity contribution in [3.05, 3.63) is 52.6 Å². The molecule has 2 aromatic rings. The van der Waals surface area contributed by atoms with Gasteiger partial charge in [0.2, 0.25) is 23.0 Å². The maximum atomic E-state index is 13.0. The molecule has 0 aliphatic heterocycles. The molecule has 0 saturated heterocycles. The Hall–Kier alpha value is -1.75. The molecule has 0 fully saturated rings. The van der Waals surface area contributed by atoms with Gasteiger partial charge in [0.1, 0.15) is 0 Å². The molecule has 0 bridgehead atoms. The molecule has 3 rings (SSSR count). The summed E-state index contributed by atoms with van der Waals surface area (Å²) >= 11 is 0. The first-order valence-corrected chi connectivity index (χ1v) is 8.28. The van der Waals surface area contributed by atoms with Crippen molar-refractivity contribution in [3.8, 4) is 0 Å². The van der Waals surface area contributed by atoms with E-state index in [1.807, 2.05) is 28.2 Å². The highest BCUT2D eigenvalue weighted by atomic mass is 79.9. The number of halogens is 1. The standard InChI is InChI=1S/C19H23N2O2.BrH/c1-5-10-20-13(4)21(11-12(2)3)17-16(20)18(22)14-8-6-7-9-15(14)19(17)23;/h6-9,12H,5,10-11H2,1-4H3;1H/q+1;/p-1. The molecule has 1 aliphatic rings. The first kappa shape index (κ1) is 18.6. The smallest absolute Gasteiger partial charge is 0.254 e. The SMILES string of the molecule is CCCn1c2c([n+](CC(C)C)c1C)C(=O)c1ccccc1C2=O.[Br-]. The molecule has 0 radical (unpaired) electrons. The fourth-order valence-corrected chi connectivity index (χ4v) is 3.41. The van der Waals surface area contributed by atoms with Crippen LogP contribution in [-0.4, -0.2) is 16.1 Å². The van der Waals surface area contributed by atoms with E-state index in [2.05, 4.69) is 20.8 Å². The summed E-state index contributed by atoms with van der Waals surface area (Å²) < 4.78 is 4.06. The lowest BCUT2D eigenvalue weighted by atomic mass is 9.90. The van der Waals surface area contributed by atoms with Crippen molar-refractivity contribution in [1.82, 2.24) is 4.57 Å². The Morgan fingerprint density at radius 3 is 2.21 bits per heavy atom. The van der Waals surface area contributed by atoms with E-state index in [1.54, 1.807) is 12.1 Å². The van der Waals surface area contributed by atoms with Crippen LogP contribution in [0.5, 0.6) is 0 Å². The third-order valence-electron chi connectivity index (χ3n) is 4.39. The normalized spacial score (nSPS) is 12.9. The number of aromatic nitrogens is 2. The molecule has 0 atom stereocenters. The number of carbonyl (C=O) groups excluding carboxylic acids is 2. The number of hydrogen-bond donors (Lipinski definition) is 0. The van der Waals surface area contributed by atoms with Gasteiger partial charge in [-0.2, -0.15) is 0 Å². The average molecular weight is 391 g/mol. The summed E-state index contributed by atoms with van der Waals surface area (Å²) in [6.45, 7) is 9.83. The summed E-state index contributed by atoms with van der Waals surface area (Å²) in [5.41, 5.74) is 2.18. The summed E-state index contributed by atoms with van der Waals surface area (Å²) in [5, 5.41) is 0. The molecular weight excluding hydrogens is 368 g/mol. The van der Waals surface area contributed by atoms with Crippen LogP contribution < -0.4 is 21.5 Å². The molecule has 4 nitrogen and oxygen atoms in total. The van der Waals surface area contributed by atoms with E-state index in [0.29, 0.717) is 28.4 Å². The Bertz CT molecular complexity index is 806. The minimum absolute atomic E-state index is 0. The summed E-state index contributed by atoms with van der Waals surface area (Å²) in [4.78, 5) is 26.1. The maximum absolute atomic E-state index is 13.0. The van der Waals surface area contributed by atoms with Gasteiger partial charge in [-0.1, -0.05) is 45.0 Å². The molecule has 1 aromatic heterocycles. The number of nitrogens with zero attached hydrogens (tertiary/aromatic N) is 2. The predicted octanol–water partition coefficient (Wildman–Crippen LogP) is -0.0706. The maximum Gasteiger partial charge on any atom is 0.254 e. The monoisotopic (exact) mass is 390 g/mol. The molecule has 128 valence electrons. The zero-order valence-electron chi connectivity index (χ0n) is 14.6. The van der Waals surface area contributed by atoms with Gasteiger partial charge in [0.25, 0.3) is 5.82 Å². The van der Waals surface area contributed by atoms with E-state index < -0.39 is 0 Å². The Morgan fingerprint density at radius 1 is 1.08 bits per heavy atom. The number of carbonyl (C=O) groups is 2. The Labute approximate surface area is 153 Å². The lowest BCUT2D eigenvalue weighted by Crippen LogP contribution is -3.00. The van der Waals surface area contributed by atoms with Gasteiger partial charge in [-0.25, -0.2) is 9.13 Å². The Kier molecular flexibility index (Phi) is 5.43. The van der Waals surface area contributed by atoms with E-state index in [4.69, 9.17) is 0 Å². The van der Waals surface area contributed by atoms with E-state index in [0.717, 1.165) is 25.3 Å². The van der Waals surface area contributed by atoms with Crippen LogP contribution in [0.1, 0.15) is 65.1 Å². The van der Waals surface area contributed by atoms with Gasteiger partial charge in [0, 0.05) is 18.1 Å². The molecule has 0 spiro atoms. The fourth-order valence-electron chi connectivity index (χ4n) is 3.41. The summed E-state index contributed by atoms with van der Waals surface area (Å²) in [7, 11) is 0. The number of fused-ring (bicyclic) bond motifs is 2. The van der Waals surface area contributed by atoms with E-state index in [-0.39, 0.29) is 28.5 Å². The molecule has 0 unspecified atom stereocenters. The molecule has 0 saturated carbocycles. The second kappa shape index (κ2) is 7.01. The average Bonchev–Trinajstić information content (AvgIpc) is 2.79. The van der Waals surface area contributed by atoms with E-state index >= 15 is 0 Å². The van der Waals surface area contributed by atoms with Crippen molar-refractivity contribution < 1.29 is 31.1 Å². The van der Waals surface area contributed by atoms with Crippen molar-refractivity contribution in [1.29, 1.82) is 0 Å². The zero-order chi connectivity index (χ0) is 16.7. The topological polar surface area (TPSA) is 43.0 Å². The first-order valence-electron chi connectivity index (χ1n) is 8.28. The number of imidazole rings is 1. The molecular formula is C19H23BrN2O2. The third-order valence-corrected chi connectivity index (χ3v) is 4.39. The second-order valence-electron chi connectivity index (χ2n) is 6.60. The van der Waals surface area contributed by atoms with Gasteiger partial charge < -0.3 is 17.0 Å². The van der Waals surface area contributed by atoms with Crippen LogP contribution in [0.15, 0.2) is 24.3 Å². The summed E-state index contributed by atoms with van der Waals surface area (Å²) in [6, 6.07) is 7.14. The molecule has 1 aromatic carbocycles. The van der Waals surface area contributed by atoms with Gasteiger partial charge in [-0.05, 0) is 12.3 Å². The number of rotatable bonds is 4. The van der Waals surface area contributed by atoms with Gasteiger partial charge in [-0.3, -0.25) is 9.59 Å². The summed E-state index contributed by atoms with van der Waals surface area (Å²) in [5.74, 6) is 1.32. The quantitative estimate of drug-likeness (QED) is 0.585. The van der Waals surface area contributed by atoms with Crippen LogP contribution in [-0.2, 0) is 13.1 Å². The van der Waals surface area contributed by atoms with Crippen LogP contribution in [0, 0.1) is 12.8 Å². The largest absolute Gasteiger partial charge is 1.00 e. The van der Waals surface area contributed by atoms with Gasteiger partial charge in [0.15, 0.2) is 0 Å². The Balaban J connectivity index is 0.00000208. The molecule has 5 heteroatoms. The number of ketones is 2. The lowest BCUT2D eigenvalue weighted by Gasteiger charge is -2.13. The summed E-state index contributed by atoms with van der Waals surface area (Å²) in [6.07, 6.45) is 0.923. The molecule has 1 heterocycles. The predicted molar refractivity (Wildman–Crippen MR) is 87.8 cm³/mol. The number of hydrogen-bond acceptors (Lipinski definition) is 2. The molecule has 0 amide bonds. The van der Waals surface area contributed by atoms with Crippen molar-refractivity contribution in [2.75, 3.05) is 0 Å². The minimum Gasteiger partial charge on any atom is -1.00 e. The Morgan fingerprint density at radius 2 is 1.67 bits per heavy atom. The van der Waals surface area contributed by atoms with Crippen molar-refractivity contribution >= 4 is 11.6 Å². The van der Waals surface area contributed by atoms with Gasteiger partial charge in [0.05, 0.1) is 13.1 Å². The van der Waals surface area contributed by atoms with Gasteiger partial charge >= 0.3 is 0 Å². The van der Waals surface area contributed by atoms with Crippen molar-refractivity contribution in [2.24, 2.45) is 5.92 Å². The van der Waals surface area contributed by atoms with Crippen molar-refractivity contribution in [2.45, 2.75) is 47.2 Å². The van der Waals surface area contributed by atoms with Crippen LogP contribution in [0.4, 0.5) is 0 Å². The fraction of sp³-hybridized carbons (Fsp3) is 0.421. The van der Waals surface area contributed by atoms with Crippen LogP contribution >= 0.6 is 0 Å². The van der Waals surface area contributed by atoms with Gasteiger partial charge in [-0.15, -0.1) is 0 Å². The first-order chi connectivity index (χ1) is 11.0. The molecule has 24 heavy (non-hydrogen) atoms. The van der Waals surface area contributed by atoms with E-state index in [9.17, 15) is 9.59 Å². The van der Waals surface area contributed by atoms with Crippen molar-refractivity contribution in [3.63, 3.8) is 0 Å². The second-order valence-corrected chi connectivity index (χ2v) is 6.60. The minimum atomic E-state index is -0.0335. The zero-order valence-corrected chi connectivity index (χ0v) is 16.2. The van der Waals surface area contributed by atoms with Crippen LogP contribution in [0.25, 0.3) is 0 Å². The van der Waals surface area contributed by atoms with Crippen LogP contribution in [0.2, 0.25) is 0 Å². The third kappa shape index (κ3) is 2.75. The highest BCUT2D eigenvalue weighted by molar-refractivity contribution is 6.26. The molecule has 0 N–H and O–H groups in total. The highest BCUT2D eigenvalue weighted by Crippen LogP contribution is 2.27. The van der Waals surface area contributed by atoms with Crippen LogP contribution in [0.3, 0.4) is 0 Å². The van der Waals surface area contributed by atoms with E-state index in [1.165, 1.54) is 0 Å². The highest BCUT2D eigenvalue weighted by Gasteiger charge is 2.42.